The molecule has 1 rings (SSSR count). The summed E-state index contributed by atoms with van der Waals surface area (Å²) in [4.78, 5) is 0. The van der Waals surface area contributed by atoms with Crippen LogP contribution in [0.2, 0.25) is 0 Å². The molecule has 1 unspecified atom stereocenters. The molecule has 1 fully saturated rings. The van der Waals surface area contributed by atoms with E-state index in [1.54, 1.807) is 0 Å². The molecule has 0 bridgehead atoms. The Balaban J connectivity index is 2.46. The SMILES string of the molecule is CNS(=O)(=O)NC(CN)C1CC1. The Labute approximate surface area is 72.9 Å². The van der Waals surface area contributed by atoms with E-state index in [2.05, 4.69) is 9.44 Å². The van der Waals surface area contributed by atoms with E-state index in [1.165, 1.54) is 7.05 Å². The van der Waals surface area contributed by atoms with Gasteiger partial charge in [-0.2, -0.15) is 13.1 Å². The first kappa shape index (κ1) is 9.91. The summed E-state index contributed by atoms with van der Waals surface area (Å²) >= 11 is 0. The van der Waals surface area contributed by atoms with Crippen LogP contribution in [0.15, 0.2) is 0 Å². The van der Waals surface area contributed by atoms with E-state index in [-0.39, 0.29) is 6.04 Å². The zero-order chi connectivity index (χ0) is 9.19. The van der Waals surface area contributed by atoms with Gasteiger partial charge >= 0.3 is 0 Å². The summed E-state index contributed by atoms with van der Waals surface area (Å²) in [6, 6.07) is -0.0950. The van der Waals surface area contributed by atoms with E-state index in [0.717, 1.165) is 12.8 Å². The van der Waals surface area contributed by atoms with Crippen molar-refractivity contribution >= 4 is 10.2 Å². The van der Waals surface area contributed by atoms with E-state index in [0.29, 0.717) is 12.5 Å². The Hall–Kier alpha value is -0.170. The van der Waals surface area contributed by atoms with E-state index in [4.69, 9.17) is 5.73 Å². The Morgan fingerprint density at radius 3 is 2.50 bits per heavy atom. The van der Waals surface area contributed by atoms with Gasteiger partial charge in [0.05, 0.1) is 0 Å². The molecule has 6 heteroatoms. The zero-order valence-electron chi connectivity index (χ0n) is 7.08. The maximum absolute atomic E-state index is 11.0. The summed E-state index contributed by atoms with van der Waals surface area (Å²) in [5, 5.41) is 0. The van der Waals surface area contributed by atoms with Gasteiger partial charge in [0.25, 0.3) is 10.2 Å². The van der Waals surface area contributed by atoms with Gasteiger partial charge in [0.1, 0.15) is 0 Å². The molecule has 1 aliphatic carbocycles. The lowest BCUT2D eigenvalue weighted by Gasteiger charge is -2.14. The molecule has 0 aliphatic heterocycles. The lowest BCUT2D eigenvalue weighted by molar-refractivity contribution is 0.514. The van der Waals surface area contributed by atoms with Crippen molar-refractivity contribution in [2.75, 3.05) is 13.6 Å². The quantitative estimate of drug-likeness (QED) is 0.511. The van der Waals surface area contributed by atoms with Crippen LogP contribution in [0.3, 0.4) is 0 Å². The summed E-state index contributed by atoms with van der Waals surface area (Å²) in [6.45, 7) is 0.367. The number of hydrogen-bond acceptors (Lipinski definition) is 3. The van der Waals surface area contributed by atoms with Crippen LogP contribution in [0.4, 0.5) is 0 Å². The molecule has 0 saturated heterocycles. The van der Waals surface area contributed by atoms with Crippen molar-refractivity contribution in [3.63, 3.8) is 0 Å². The normalized spacial score (nSPS) is 20.8. The highest BCUT2D eigenvalue weighted by Gasteiger charge is 2.32. The lowest BCUT2D eigenvalue weighted by atomic mass is 10.2. The Kier molecular flexibility index (Phi) is 3.05. The smallest absolute Gasteiger partial charge is 0.276 e. The first-order valence-corrected chi connectivity index (χ1v) is 5.48. The van der Waals surface area contributed by atoms with Crippen LogP contribution >= 0.6 is 0 Å². The van der Waals surface area contributed by atoms with Crippen molar-refractivity contribution in [3.8, 4) is 0 Å². The Morgan fingerprint density at radius 2 is 2.17 bits per heavy atom. The van der Waals surface area contributed by atoms with Crippen molar-refractivity contribution in [2.24, 2.45) is 11.7 Å². The maximum atomic E-state index is 11.0. The predicted octanol–water partition coefficient (Wildman–Crippen LogP) is -1.22. The number of hydrogen-bond donors (Lipinski definition) is 3. The van der Waals surface area contributed by atoms with Crippen LogP contribution in [0, 0.1) is 5.92 Å². The van der Waals surface area contributed by atoms with Crippen LogP contribution in [-0.2, 0) is 10.2 Å². The highest BCUT2D eigenvalue weighted by atomic mass is 32.2. The first-order valence-electron chi connectivity index (χ1n) is 4.00. The molecular weight excluding hydrogens is 178 g/mol. The van der Waals surface area contributed by atoms with Crippen molar-refractivity contribution in [1.29, 1.82) is 0 Å². The van der Waals surface area contributed by atoms with Crippen LogP contribution in [0.1, 0.15) is 12.8 Å². The minimum absolute atomic E-state index is 0.0950. The molecule has 0 aromatic heterocycles. The van der Waals surface area contributed by atoms with E-state index >= 15 is 0 Å². The predicted molar refractivity (Wildman–Crippen MR) is 46.7 cm³/mol. The molecular formula is C6H15N3O2S. The summed E-state index contributed by atoms with van der Waals surface area (Å²) in [5.41, 5.74) is 5.42. The lowest BCUT2D eigenvalue weighted by Crippen LogP contribution is -2.46. The van der Waals surface area contributed by atoms with Crippen LogP contribution in [-0.4, -0.2) is 28.1 Å². The largest absolute Gasteiger partial charge is 0.329 e. The Bertz CT molecular complexity index is 235. The van der Waals surface area contributed by atoms with Crippen molar-refractivity contribution < 1.29 is 8.42 Å². The topological polar surface area (TPSA) is 84.2 Å². The summed E-state index contributed by atoms with van der Waals surface area (Å²) in [6.07, 6.45) is 2.15. The van der Waals surface area contributed by atoms with Crippen molar-refractivity contribution in [3.05, 3.63) is 0 Å². The van der Waals surface area contributed by atoms with Gasteiger partial charge in [0.15, 0.2) is 0 Å². The fourth-order valence-electron chi connectivity index (χ4n) is 1.09. The van der Waals surface area contributed by atoms with Gasteiger partial charge in [-0.05, 0) is 18.8 Å². The van der Waals surface area contributed by atoms with Crippen LogP contribution in [0.25, 0.3) is 0 Å². The van der Waals surface area contributed by atoms with Crippen LogP contribution < -0.4 is 15.2 Å². The molecule has 0 radical (unpaired) electrons. The van der Waals surface area contributed by atoms with Gasteiger partial charge in [-0.25, -0.2) is 4.72 Å². The third kappa shape index (κ3) is 2.71. The van der Waals surface area contributed by atoms with Crippen molar-refractivity contribution in [1.82, 2.24) is 9.44 Å². The summed E-state index contributed by atoms with van der Waals surface area (Å²) < 4.78 is 26.7. The Morgan fingerprint density at radius 1 is 1.58 bits per heavy atom. The summed E-state index contributed by atoms with van der Waals surface area (Å²) in [7, 11) is -1.94. The average molecular weight is 193 g/mol. The standard InChI is InChI=1S/C6H15N3O2S/c1-8-12(10,11)9-6(4-7)5-2-3-5/h5-6,8-9H,2-4,7H2,1H3. The minimum atomic E-state index is -3.32. The van der Waals surface area contributed by atoms with E-state index in [1.807, 2.05) is 0 Å². The molecule has 72 valence electrons. The molecule has 0 amide bonds. The molecule has 4 N–H and O–H groups in total. The fourth-order valence-corrected chi connectivity index (χ4v) is 1.90. The fraction of sp³-hybridized carbons (Fsp3) is 1.00. The third-order valence-electron chi connectivity index (χ3n) is 2.02. The molecule has 1 atom stereocenters. The number of nitrogens with one attached hydrogen (secondary N) is 2. The van der Waals surface area contributed by atoms with Gasteiger partial charge < -0.3 is 5.73 Å². The molecule has 1 saturated carbocycles. The monoisotopic (exact) mass is 193 g/mol. The zero-order valence-corrected chi connectivity index (χ0v) is 7.89. The number of nitrogens with two attached hydrogens (primary N) is 1. The third-order valence-corrected chi connectivity index (χ3v) is 3.17. The van der Waals surface area contributed by atoms with Gasteiger partial charge in [-0.1, -0.05) is 0 Å². The molecule has 12 heavy (non-hydrogen) atoms. The molecule has 0 aromatic rings. The van der Waals surface area contributed by atoms with Gasteiger partial charge in [-0.15, -0.1) is 0 Å². The second kappa shape index (κ2) is 3.69. The van der Waals surface area contributed by atoms with Gasteiger partial charge in [0, 0.05) is 19.6 Å². The van der Waals surface area contributed by atoms with Gasteiger partial charge in [-0.3, -0.25) is 0 Å². The first-order chi connectivity index (χ1) is 5.59. The summed E-state index contributed by atoms with van der Waals surface area (Å²) in [5.74, 6) is 0.443. The molecule has 0 heterocycles. The second-order valence-corrected chi connectivity index (χ2v) is 4.66. The number of rotatable bonds is 5. The average Bonchev–Trinajstić information content (AvgIpc) is 2.83. The highest BCUT2D eigenvalue weighted by Crippen LogP contribution is 2.32. The van der Waals surface area contributed by atoms with E-state index in [9.17, 15) is 8.42 Å². The minimum Gasteiger partial charge on any atom is -0.329 e. The molecule has 0 aromatic carbocycles. The maximum Gasteiger partial charge on any atom is 0.276 e. The molecule has 5 nitrogen and oxygen atoms in total. The van der Waals surface area contributed by atoms with Crippen molar-refractivity contribution in [2.45, 2.75) is 18.9 Å². The second-order valence-electron chi connectivity index (χ2n) is 3.01. The van der Waals surface area contributed by atoms with E-state index < -0.39 is 10.2 Å². The molecule has 0 spiro atoms. The van der Waals surface area contributed by atoms with Gasteiger partial charge in [0.2, 0.25) is 0 Å². The van der Waals surface area contributed by atoms with Crippen LogP contribution in [0.5, 0.6) is 0 Å². The molecule has 1 aliphatic rings. The highest BCUT2D eigenvalue weighted by molar-refractivity contribution is 7.87.